The van der Waals surface area contributed by atoms with Gasteiger partial charge in [0.1, 0.15) is 5.82 Å². The highest BCUT2D eigenvalue weighted by Gasteiger charge is 2.31. The smallest absolute Gasteiger partial charge is 0.339 e. The van der Waals surface area contributed by atoms with Crippen molar-refractivity contribution in [2.24, 2.45) is 7.05 Å². The molecule has 2 aliphatic rings. The third kappa shape index (κ3) is 2.81. The van der Waals surface area contributed by atoms with E-state index in [0.717, 1.165) is 48.1 Å². The second kappa shape index (κ2) is 6.29. The predicted molar refractivity (Wildman–Crippen MR) is 102 cm³/mol. The summed E-state index contributed by atoms with van der Waals surface area (Å²) in [7, 11) is 1.88. The number of piperidine rings is 1. The number of aromatic nitrogens is 6. The normalized spacial score (nSPS) is 18.1. The van der Waals surface area contributed by atoms with E-state index in [4.69, 9.17) is 4.98 Å². The Labute approximate surface area is 161 Å². The van der Waals surface area contributed by atoms with Gasteiger partial charge in [0.15, 0.2) is 5.65 Å². The van der Waals surface area contributed by atoms with Crippen LogP contribution >= 0.6 is 0 Å². The van der Waals surface area contributed by atoms with Crippen molar-refractivity contribution < 1.29 is 4.79 Å². The number of aryl methyl sites for hydroxylation is 2. The Morgan fingerprint density at radius 3 is 2.57 bits per heavy atom. The number of carbonyl (C=O) groups is 1. The van der Waals surface area contributed by atoms with Gasteiger partial charge < -0.3 is 4.90 Å². The molecule has 0 atom stereocenters. The Hall–Kier alpha value is -2.97. The molecule has 2 N–H and O–H groups in total. The topological polar surface area (TPSA) is 113 Å². The van der Waals surface area contributed by atoms with Gasteiger partial charge in [0.05, 0.1) is 16.6 Å². The third-order valence-electron chi connectivity index (χ3n) is 5.90. The van der Waals surface area contributed by atoms with Crippen LogP contribution in [0.5, 0.6) is 0 Å². The van der Waals surface area contributed by atoms with Crippen LogP contribution in [-0.4, -0.2) is 53.8 Å². The monoisotopic (exact) mass is 381 g/mol. The van der Waals surface area contributed by atoms with E-state index in [1.807, 2.05) is 24.9 Å². The number of nitrogens with zero attached hydrogens (tertiary/aromatic N) is 5. The van der Waals surface area contributed by atoms with Gasteiger partial charge in [-0.3, -0.25) is 14.5 Å². The maximum Gasteiger partial charge on any atom is 0.340 e. The second-order valence-corrected chi connectivity index (χ2v) is 7.91. The summed E-state index contributed by atoms with van der Waals surface area (Å²) in [4.78, 5) is 34.1. The summed E-state index contributed by atoms with van der Waals surface area (Å²) >= 11 is 0. The number of H-pyrrole nitrogens is 2. The van der Waals surface area contributed by atoms with Crippen molar-refractivity contribution in [1.29, 1.82) is 0 Å². The Morgan fingerprint density at radius 2 is 1.93 bits per heavy atom. The molecule has 146 valence electrons. The minimum Gasteiger partial charge on any atom is -0.339 e. The van der Waals surface area contributed by atoms with Gasteiger partial charge in [0.25, 0.3) is 5.91 Å². The van der Waals surface area contributed by atoms with E-state index in [9.17, 15) is 9.59 Å². The second-order valence-electron chi connectivity index (χ2n) is 7.91. The molecule has 5 rings (SSSR count). The lowest BCUT2D eigenvalue weighted by Gasteiger charge is -2.31. The van der Waals surface area contributed by atoms with Gasteiger partial charge >= 0.3 is 5.69 Å². The van der Waals surface area contributed by atoms with E-state index in [-0.39, 0.29) is 17.5 Å². The van der Waals surface area contributed by atoms with E-state index >= 15 is 0 Å². The van der Waals surface area contributed by atoms with Crippen LogP contribution in [0.2, 0.25) is 0 Å². The Bertz CT molecular complexity index is 1110. The standard InChI is InChI=1S/C19H23N7O2/c1-10-15-13(9-14(11-3-4-11)20-17(15)25(2)24-10)18(27)26-7-5-12(6-8-26)16-21-19(28)23-22-16/h9,11-12H,3-8H2,1-2H3,(H2,21,22,23,28). The lowest BCUT2D eigenvalue weighted by atomic mass is 9.95. The van der Waals surface area contributed by atoms with Crippen LogP contribution in [-0.2, 0) is 7.05 Å². The molecule has 1 saturated carbocycles. The fraction of sp³-hybridized carbons (Fsp3) is 0.526. The van der Waals surface area contributed by atoms with Crippen LogP contribution in [0, 0.1) is 6.92 Å². The molecule has 4 heterocycles. The van der Waals surface area contributed by atoms with Gasteiger partial charge in [0, 0.05) is 37.7 Å². The summed E-state index contributed by atoms with van der Waals surface area (Å²) in [6, 6.07) is 1.98. The highest BCUT2D eigenvalue weighted by Crippen LogP contribution is 2.40. The molecule has 1 amide bonds. The van der Waals surface area contributed by atoms with Crippen molar-refractivity contribution in [3.63, 3.8) is 0 Å². The fourth-order valence-electron chi connectivity index (χ4n) is 4.22. The maximum atomic E-state index is 13.4. The van der Waals surface area contributed by atoms with Crippen molar-refractivity contribution in [3.8, 4) is 0 Å². The zero-order chi connectivity index (χ0) is 19.4. The molecule has 3 aromatic heterocycles. The fourth-order valence-corrected chi connectivity index (χ4v) is 4.22. The van der Waals surface area contributed by atoms with E-state index < -0.39 is 0 Å². The zero-order valence-electron chi connectivity index (χ0n) is 16.0. The van der Waals surface area contributed by atoms with Gasteiger partial charge in [-0.2, -0.15) is 10.2 Å². The average Bonchev–Trinajstić information content (AvgIpc) is 3.40. The maximum absolute atomic E-state index is 13.4. The number of likely N-dealkylation sites (tertiary alicyclic amines) is 1. The van der Waals surface area contributed by atoms with Gasteiger partial charge in [-0.25, -0.2) is 14.9 Å². The summed E-state index contributed by atoms with van der Waals surface area (Å²) in [6.45, 7) is 3.21. The molecular weight excluding hydrogens is 358 g/mol. The molecule has 2 fully saturated rings. The van der Waals surface area contributed by atoms with Gasteiger partial charge in [-0.15, -0.1) is 0 Å². The predicted octanol–water partition coefficient (Wildman–Crippen LogP) is 1.59. The Morgan fingerprint density at radius 1 is 1.18 bits per heavy atom. The van der Waals surface area contributed by atoms with Crippen molar-refractivity contribution in [2.75, 3.05) is 13.1 Å². The lowest BCUT2D eigenvalue weighted by molar-refractivity contribution is 0.0713. The number of aromatic amines is 2. The molecule has 28 heavy (non-hydrogen) atoms. The first-order chi connectivity index (χ1) is 13.5. The average molecular weight is 381 g/mol. The first kappa shape index (κ1) is 17.2. The van der Waals surface area contributed by atoms with Crippen molar-refractivity contribution >= 4 is 16.9 Å². The summed E-state index contributed by atoms with van der Waals surface area (Å²) in [5, 5.41) is 11.8. The molecule has 0 aromatic carbocycles. The highest BCUT2D eigenvalue weighted by molar-refractivity contribution is 6.06. The van der Waals surface area contributed by atoms with Crippen LogP contribution in [0.15, 0.2) is 10.9 Å². The summed E-state index contributed by atoms with van der Waals surface area (Å²) in [6.07, 6.45) is 3.83. The van der Waals surface area contributed by atoms with Crippen molar-refractivity contribution in [3.05, 3.63) is 39.3 Å². The minimum atomic E-state index is -0.285. The van der Waals surface area contributed by atoms with Crippen LogP contribution in [0.25, 0.3) is 11.0 Å². The van der Waals surface area contributed by atoms with Crippen molar-refractivity contribution in [2.45, 2.75) is 44.4 Å². The van der Waals surface area contributed by atoms with Crippen LogP contribution in [0.3, 0.4) is 0 Å². The molecule has 9 heteroatoms. The Kier molecular flexibility index (Phi) is 3.85. The molecule has 0 unspecified atom stereocenters. The molecular formula is C19H23N7O2. The summed E-state index contributed by atoms with van der Waals surface area (Å²) in [5.74, 6) is 1.36. The quantitative estimate of drug-likeness (QED) is 0.715. The van der Waals surface area contributed by atoms with E-state index in [2.05, 4.69) is 20.3 Å². The largest absolute Gasteiger partial charge is 0.340 e. The molecule has 0 radical (unpaired) electrons. The van der Waals surface area contributed by atoms with Crippen LogP contribution in [0.4, 0.5) is 0 Å². The molecule has 0 spiro atoms. The number of carbonyl (C=O) groups excluding carboxylic acids is 1. The van der Waals surface area contributed by atoms with E-state index in [1.54, 1.807) is 4.68 Å². The third-order valence-corrected chi connectivity index (χ3v) is 5.90. The minimum absolute atomic E-state index is 0.0411. The van der Waals surface area contributed by atoms with Crippen molar-refractivity contribution in [1.82, 2.24) is 34.8 Å². The highest BCUT2D eigenvalue weighted by atomic mass is 16.2. The van der Waals surface area contributed by atoms with Gasteiger partial charge in [0.2, 0.25) is 0 Å². The lowest BCUT2D eigenvalue weighted by Crippen LogP contribution is -2.38. The zero-order valence-corrected chi connectivity index (χ0v) is 16.0. The number of fused-ring (bicyclic) bond motifs is 1. The number of amides is 1. The first-order valence-corrected chi connectivity index (χ1v) is 9.79. The number of nitrogens with one attached hydrogen (secondary N) is 2. The van der Waals surface area contributed by atoms with Gasteiger partial charge in [-0.05, 0) is 38.7 Å². The van der Waals surface area contributed by atoms with E-state index in [1.165, 1.54) is 0 Å². The number of pyridine rings is 1. The summed E-state index contributed by atoms with van der Waals surface area (Å²) < 4.78 is 1.77. The molecule has 1 aliphatic heterocycles. The first-order valence-electron chi connectivity index (χ1n) is 9.79. The molecule has 1 aliphatic carbocycles. The molecule has 0 bridgehead atoms. The van der Waals surface area contributed by atoms with Crippen LogP contribution in [0.1, 0.15) is 65.1 Å². The van der Waals surface area contributed by atoms with E-state index in [0.29, 0.717) is 30.4 Å². The Balaban J connectivity index is 1.44. The molecule has 9 nitrogen and oxygen atoms in total. The molecule has 1 saturated heterocycles. The van der Waals surface area contributed by atoms with Gasteiger partial charge in [-0.1, -0.05) is 0 Å². The number of hydrogen-bond donors (Lipinski definition) is 2. The number of hydrogen-bond acceptors (Lipinski definition) is 5. The number of rotatable bonds is 3. The van der Waals surface area contributed by atoms with Crippen LogP contribution < -0.4 is 5.69 Å². The summed E-state index contributed by atoms with van der Waals surface area (Å²) in [5.41, 5.74) is 3.05. The SMILES string of the molecule is Cc1nn(C)c2nc(C3CC3)cc(C(=O)N3CCC(c4n[nH]c(=O)[nH]4)CC3)c12. The molecule has 3 aromatic rings.